The molecule has 4 aromatic heterocycles. The van der Waals surface area contributed by atoms with E-state index >= 15 is 0 Å². The van der Waals surface area contributed by atoms with E-state index in [-0.39, 0.29) is 5.88 Å². The van der Waals surface area contributed by atoms with Crippen LogP contribution < -0.4 is 15.0 Å². The Morgan fingerprint density at radius 2 is 1.91 bits per heavy atom. The fourth-order valence-corrected chi connectivity index (χ4v) is 4.70. The van der Waals surface area contributed by atoms with Crippen molar-refractivity contribution in [3.63, 3.8) is 0 Å². The molecule has 7 heterocycles. The molecule has 0 aliphatic carbocycles. The van der Waals surface area contributed by atoms with E-state index < -0.39 is 11.7 Å². The molecule has 2 unspecified atom stereocenters. The smallest absolute Gasteiger partial charge is 0.417 e. The lowest BCUT2D eigenvalue weighted by Gasteiger charge is -2.47. The van der Waals surface area contributed by atoms with Gasteiger partial charge in [0.25, 0.3) is 0 Å². The number of rotatable bonds is 4. The van der Waals surface area contributed by atoms with Crippen LogP contribution in [0.2, 0.25) is 0 Å². The van der Waals surface area contributed by atoms with Crippen LogP contribution in [0.5, 0.6) is 11.6 Å². The van der Waals surface area contributed by atoms with Crippen LogP contribution >= 0.6 is 11.3 Å². The summed E-state index contributed by atoms with van der Waals surface area (Å²) in [6.45, 7) is 1.63. The van der Waals surface area contributed by atoms with Crippen LogP contribution in [0.25, 0.3) is 16.3 Å². The van der Waals surface area contributed by atoms with Crippen LogP contribution in [0.4, 0.5) is 19.1 Å². The molecule has 2 bridgehead atoms. The second kappa shape index (κ2) is 7.14. The number of thiazole rings is 1. The summed E-state index contributed by atoms with van der Waals surface area (Å²) in [5.74, 6) is 0.960. The second-order valence-electron chi connectivity index (χ2n) is 7.75. The topological polar surface area (TPSA) is 80.5 Å². The zero-order chi connectivity index (χ0) is 21.9. The minimum atomic E-state index is -4.46. The molecular formula is C20H16F3N7OS. The van der Waals surface area contributed by atoms with Gasteiger partial charge in [-0.2, -0.15) is 18.2 Å². The molecule has 3 fully saturated rings. The van der Waals surface area contributed by atoms with Crippen molar-refractivity contribution in [2.75, 3.05) is 18.0 Å². The highest BCUT2D eigenvalue weighted by atomic mass is 32.1. The summed E-state index contributed by atoms with van der Waals surface area (Å²) in [4.78, 5) is 15.0. The van der Waals surface area contributed by atoms with E-state index in [1.54, 1.807) is 22.8 Å². The molecule has 1 N–H and O–H groups in total. The Balaban J connectivity index is 1.39. The number of hydrogen-bond acceptors (Lipinski definition) is 8. The Morgan fingerprint density at radius 1 is 1.09 bits per heavy atom. The fourth-order valence-electron chi connectivity index (χ4n) is 4.05. The maximum Gasteiger partial charge on any atom is 0.417 e. The molecule has 3 aliphatic heterocycles. The summed E-state index contributed by atoms with van der Waals surface area (Å²) >= 11 is 1.47. The first-order valence-electron chi connectivity index (χ1n) is 9.96. The molecule has 12 heteroatoms. The average molecular weight is 459 g/mol. The molecule has 2 atom stereocenters. The first-order valence-corrected chi connectivity index (χ1v) is 10.8. The van der Waals surface area contributed by atoms with Gasteiger partial charge in [0.1, 0.15) is 10.7 Å². The number of ether oxygens (including phenoxy) is 1. The quantitative estimate of drug-likeness (QED) is 0.499. The average Bonchev–Trinajstić information content (AvgIpc) is 3.44. The maximum absolute atomic E-state index is 12.8. The molecule has 0 aromatic carbocycles. The Kier molecular flexibility index (Phi) is 4.33. The van der Waals surface area contributed by atoms with E-state index in [1.807, 2.05) is 5.38 Å². The highest BCUT2D eigenvalue weighted by Gasteiger charge is 2.38. The lowest BCUT2D eigenvalue weighted by molar-refractivity contribution is -0.137. The van der Waals surface area contributed by atoms with Gasteiger partial charge in [-0.3, -0.25) is 0 Å². The second-order valence-corrected chi connectivity index (χ2v) is 8.65. The molecule has 32 heavy (non-hydrogen) atoms. The third kappa shape index (κ3) is 3.35. The van der Waals surface area contributed by atoms with E-state index in [4.69, 9.17) is 14.8 Å². The molecule has 0 amide bonds. The molecular weight excluding hydrogens is 443 g/mol. The third-order valence-electron chi connectivity index (χ3n) is 5.57. The number of pyridine rings is 2. The predicted molar refractivity (Wildman–Crippen MR) is 111 cm³/mol. The minimum Gasteiger partial charge on any atom is -0.435 e. The van der Waals surface area contributed by atoms with Crippen molar-refractivity contribution in [2.24, 2.45) is 0 Å². The van der Waals surface area contributed by atoms with E-state index in [1.165, 1.54) is 17.4 Å². The number of halogens is 3. The number of aromatic nitrogens is 5. The Bertz CT molecular complexity index is 1260. The van der Waals surface area contributed by atoms with Crippen LogP contribution in [0.15, 0.2) is 42.0 Å². The number of fused-ring (bicyclic) bond motifs is 3. The lowest BCUT2D eigenvalue weighted by atomic mass is 9.92. The summed E-state index contributed by atoms with van der Waals surface area (Å²) in [6, 6.07) is 6.51. The highest BCUT2D eigenvalue weighted by molar-refractivity contribution is 7.13. The summed E-state index contributed by atoms with van der Waals surface area (Å²) in [7, 11) is 0. The number of nitrogens with zero attached hydrogens (tertiary/aromatic N) is 6. The van der Waals surface area contributed by atoms with Gasteiger partial charge < -0.3 is 15.0 Å². The van der Waals surface area contributed by atoms with Crippen molar-refractivity contribution in [1.29, 1.82) is 0 Å². The van der Waals surface area contributed by atoms with Gasteiger partial charge in [0, 0.05) is 49.0 Å². The molecule has 4 aromatic rings. The van der Waals surface area contributed by atoms with Gasteiger partial charge in [-0.15, -0.1) is 16.4 Å². The standard InChI is InChI=1S/C20H16F3N7OS/c21-20(22,23)11-1-4-16(25-8-11)31-15-3-2-14(18-24-5-6-32-18)30-17(15)27-19(28-30)29-9-12-7-13(10-29)26-12/h1-6,8,12-13,26H,7,9-10H2. The van der Waals surface area contributed by atoms with Crippen molar-refractivity contribution < 1.29 is 17.9 Å². The number of alkyl halides is 3. The fraction of sp³-hybridized carbons (Fsp3) is 0.300. The summed E-state index contributed by atoms with van der Waals surface area (Å²) in [5.41, 5.74) is 0.361. The van der Waals surface area contributed by atoms with Crippen LogP contribution in [0.3, 0.4) is 0 Å². The lowest BCUT2D eigenvalue weighted by Crippen LogP contribution is -2.67. The monoisotopic (exact) mass is 459 g/mol. The van der Waals surface area contributed by atoms with Gasteiger partial charge in [-0.1, -0.05) is 0 Å². The summed E-state index contributed by atoms with van der Waals surface area (Å²) in [6.07, 6.45) is -0.842. The zero-order valence-electron chi connectivity index (χ0n) is 16.5. The molecule has 7 rings (SSSR count). The minimum absolute atomic E-state index is 0.0369. The van der Waals surface area contributed by atoms with E-state index in [0.717, 1.165) is 42.5 Å². The van der Waals surface area contributed by atoms with Gasteiger partial charge in [0.15, 0.2) is 5.75 Å². The van der Waals surface area contributed by atoms with Crippen molar-refractivity contribution >= 4 is 22.9 Å². The van der Waals surface area contributed by atoms with Gasteiger partial charge in [0.05, 0.1) is 5.56 Å². The van der Waals surface area contributed by atoms with Gasteiger partial charge in [-0.25, -0.2) is 14.5 Å². The van der Waals surface area contributed by atoms with Crippen molar-refractivity contribution in [3.05, 3.63) is 47.6 Å². The Morgan fingerprint density at radius 3 is 2.56 bits per heavy atom. The van der Waals surface area contributed by atoms with Gasteiger partial charge >= 0.3 is 6.18 Å². The highest BCUT2D eigenvalue weighted by Crippen LogP contribution is 2.34. The molecule has 8 nitrogen and oxygen atoms in total. The molecule has 3 aliphatic rings. The van der Waals surface area contributed by atoms with Crippen LogP contribution in [-0.4, -0.2) is 49.7 Å². The van der Waals surface area contributed by atoms with Crippen molar-refractivity contribution in [1.82, 2.24) is 29.9 Å². The van der Waals surface area contributed by atoms with Crippen LogP contribution in [0, 0.1) is 0 Å². The molecule has 3 saturated heterocycles. The first kappa shape index (κ1) is 19.4. The van der Waals surface area contributed by atoms with Crippen LogP contribution in [0.1, 0.15) is 12.0 Å². The summed E-state index contributed by atoms with van der Waals surface area (Å²) in [5, 5.41) is 10.8. The molecule has 0 saturated carbocycles. The number of piperazine rings is 1. The van der Waals surface area contributed by atoms with E-state index in [2.05, 4.69) is 20.2 Å². The predicted octanol–water partition coefficient (Wildman–Crippen LogP) is 3.61. The Hall–Kier alpha value is -3.25. The van der Waals surface area contributed by atoms with Crippen LogP contribution in [-0.2, 0) is 6.18 Å². The number of hydrogen-bond donors (Lipinski definition) is 1. The molecule has 164 valence electrons. The molecule has 0 spiro atoms. The zero-order valence-corrected chi connectivity index (χ0v) is 17.3. The number of nitrogens with one attached hydrogen (secondary N) is 1. The van der Waals surface area contributed by atoms with Crippen molar-refractivity contribution in [3.8, 4) is 22.3 Å². The first-order chi connectivity index (χ1) is 15.4. The largest absolute Gasteiger partial charge is 0.435 e. The SMILES string of the molecule is FC(F)(F)c1ccc(Oc2ccc(-c3nccs3)n3nc(N4CC5CC(C4)N5)nc23)nc1. The van der Waals surface area contributed by atoms with Gasteiger partial charge in [0.2, 0.25) is 17.5 Å². The molecule has 0 radical (unpaired) electrons. The van der Waals surface area contributed by atoms with E-state index in [0.29, 0.717) is 29.4 Å². The third-order valence-corrected chi connectivity index (χ3v) is 6.37. The number of anilines is 1. The number of piperidine rings is 1. The summed E-state index contributed by atoms with van der Waals surface area (Å²) < 4.78 is 46.0. The van der Waals surface area contributed by atoms with Gasteiger partial charge in [-0.05, 0) is 24.6 Å². The van der Waals surface area contributed by atoms with E-state index in [9.17, 15) is 13.2 Å². The Labute approximate surface area is 183 Å². The maximum atomic E-state index is 12.8. The van der Waals surface area contributed by atoms with Crippen molar-refractivity contribution in [2.45, 2.75) is 24.7 Å². The normalized spacial score (nSPS) is 20.4.